The molecule has 4 rings (SSSR count). The van der Waals surface area contributed by atoms with Crippen LogP contribution in [0.15, 0.2) is 47.6 Å². The Hall–Kier alpha value is -3.00. The number of hydrogen-bond donors (Lipinski definition) is 2. The Kier molecular flexibility index (Phi) is 7.54. The Morgan fingerprint density at radius 3 is 2.70 bits per heavy atom. The predicted octanol–water partition coefficient (Wildman–Crippen LogP) is 4.66. The molecule has 1 amide bonds. The molecule has 1 saturated carbocycles. The average Bonchev–Trinajstić information content (AvgIpc) is 3.46. The number of nitrogens with one attached hydrogen (secondary N) is 2. The van der Waals surface area contributed by atoms with Gasteiger partial charge in [-0.15, -0.1) is 10.2 Å². The smallest absolute Gasteiger partial charge is 0.230 e. The Balaban J connectivity index is 1.55. The summed E-state index contributed by atoms with van der Waals surface area (Å²) in [4.78, 5) is 12.5. The van der Waals surface area contributed by atoms with Crippen LogP contribution >= 0.6 is 11.8 Å². The highest BCUT2D eigenvalue weighted by molar-refractivity contribution is 7.99. The molecule has 0 saturated heterocycles. The van der Waals surface area contributed by atoms with E-state index < -0.39 is 0 Å². The van der Waals surface area contributed by atoms with Gasteiger partial charge in [-0.2, -0.15) is 0 Å². The van der Waals surface area contributed by atoms with Gasteiger partial charge in [0, 0.05) is 6.04 Å². The highest BCUT2D eigenvalue weighted by Crippen LogP contribution is 2.27. The second kappa shape index (κ2) is 10.7. The molecule has 0 spiro atoms. The van der Waals surface area contributed by atoms with Crippen molar-refractivity contribution in [2.24, 2.45) is 0 Å². The van der Waals surface area contributed by atoms with Gasteiger partial charge < -0.3 is 15.4 Å². The number of amides is 1. The van der Waals surface area contributed by atoms with Gasteiger partial charge in [-0.3, -0.25) is 9.36 Å². The van der Waals surface area contributed by atoms with Crippen molar-refractivity contribution >= 4 is 23.4 Å². The van der Waals surface area contributed by atoms with Gasteiger partial charge in [-0.25, -0.2) is 0 Å². The van der Waals surface area contributed by atoms with E-state index in [0.717, 1.165) is 41.4 Å². The van der Waals surface area contributed by atoms with E-state index in [0.29, 0.717) is 23.5 Å². The fraction of sp³-hybridized carbons (Fsp3) is 0.400. The van der Waals surface area contributed by atoms with Crippen molar-refractivity contribution in [3.05, 3.63) is 59.4 Å². The van der Waals surface area contributed by atoms with Gasteiger partial charge in [-0.1, -0.05) is 54.4 Å². The van der Waals surface area contributed by atoms with Crippen LogP contribution in [0.3, 0.4) is 0 Å². The molecule has 1 fully saturated rings. The molecule has 1 aromatic heterocycles. The highest BCUT2D eigenvalue weighted by atomic mass is 32.2. The minimum atomic E-state index is 0.0516. The third kappa shape index (κ3) is 5.68. The lowest BCUT2D eigenvalue weighted by molar-refractivity contribution is -0.119. The largest absolute Gasteiger partial charge is 0.495 e. The third-order valence-electron chi connectivity index (χ3n) is 5.89. The molecule has 0 bridgehead atoms. The molecule has 0 unspecified atom stereocenters. The van der Waals surface area contributed by atoms with Gasteiger partial charge in [0.1, 0.15) is 5.75 Å². The fourth-order valence-electron chi connectivity index (χ4n) is 4.24. The summed E-state index contributed by atoms with van der Waals surface area (Å²) in [7, 11) is 1.66. The molecule has 2 N–H and O–H groups in total. The van der Waals surface area contributed by atoms with Crippen LogP contribution in [0, 0.1) is 13.8 Å². The molecule has 0 aliphatic heterocycles. The van der Waals surface area contributed by atoms with Crippen LogP contribution < -0.4 is 15.4 Å². The quantitative estimate of drug-likeness (QED) is 0.448. The number of carbonyl (C=O) groups excluding carboxylic acids is 1. The van der Waals surface area contributed by atoms with E-state index in [1.165, 1.54) is 30.2 Å². The first-order chi connectivity index (χ1) is 16.0. The van der Waals surface area contributed by atoms with E-state index in [1.807, 2.05) is 28.8 Å². The Morgan fingerprint density at radius 1 is 1.15 bits per heavy atom. The molecule has 1 aliphatic carbocycles. The van der Waals surface area contributed by atoms with Crippen LogP contribution in [0.4, 0.5) is 5.69 Å². The highest BCUT2D eigenvalue weighted by Gasteiger charge is 2.20. The number of rotatable bonds is 9. The second-order valence-electron chi connectivity index (χ2n) is 8.42. The molecule has 174 valence electrons. The first-order valence-corrected chi connectivity index (χ1v) is 12.3. The van der Waals surface area contributed by atoms with Crippen LogP contribution in [-0.4, -0.2) is 39.6 Å². The normalized spacial score (nSPS) is 13.8. The molecule has 2 aromatic carbocycles. The first kappa shape index (κ1) is 23.2. The maximum Gasteiger partial charge on any atom is 0.230 e. The van der Waals surface area contributed by atoms with Crippen LogP contribution in [0.25, 0.3) is 5.69 Å². The van der Waals surface area contributed by atoms with E-state index >= 15 is 0 Å². The van der Waals surface area contributed by atoms with Gasteiger partial charge in [0.15, 0.2) is 11.0 Å². The van der Waals surface area contributed by atoms with Gasteiger partial charge in [0.05, 0.1) is 30.8 Å². The summed E-state index contributed by atoms with van der Waals surface area (Å²) in [6.07, 6.45) is 4.55. The van der Waals surface area contributed by atoms with E-state index in [2.05, 4.69) is 52.9 Å². The van der Waals surface area contributed by atoms with Crippen molar-refractivity contribution in [2.75, 3.05) is 18.2 Å². The Bertz CT molecular complexity index is 1110. The maximum absolute atomic E-state index is 12.5. The molecule has 1 heterocycles. The second-order valence-corrected chi connectivity index (χ2v) is 9.36. The van der Waals surface area contributed by atoms with Crippen molar-refractivity contribution in [3.63, 3.8) is 0 Å². The van der Waals surface area contributed by atoms with Crippen molar-refractivity contribution in [3.8, 4) is 11.4 Å². The zero-order chi connectivity index (χ0) is 23.2. The molecule has 3 aromatic rings. The summed E-state index contributed by atoms with van der Waals surface area (Å²) in [6.45, 7) is 4.63. The Morgan fingerprint density at radius 2 is 1.94 bits per heavy atom. The van der Waals surface area contributed by atoms with Crippen molar-refractivity contribution in [2.45, 2.75) is 57.3 Å². The molecular formula is C25H31N5O2S. The number of carbonyl (C=O) groups is 1. The molecular weight excluding hydrogens is 434 g/mol. The number of para-hydroxylation sites is 2. The number of aromatic nitrogens is 3. The first-order valence-electron chi connectivity index (χ1n) is 11.4. The average molecular weight is 466 g/mol. The number of nitrogens with zero attached hydrogens (tertiary/aromatic N) is 3. The summed E-state index contributed by atoms with van der Waals surface area (Å²) in [6, 6.07) is 14.4. The van der Waals surface area contributed by atoms with E-state index in [-0.39, 0.29) is 5.91 Å². The zero-order valence-corrected chi connectivity index (χ0v) is 20.2. The third-order valence-corrected chi connectivity index (χ3v) is 6.82. The predicted molar refractivity (Wildman–Crippen MR) is 132 cm³/mol. The van der Waals surface area contributed by atoms with Crippen molar-refractivity contribution < 1.29 is 9.53 Å². The number of benzene rings is 2. The molecule has 0 atom stereocenters. The molecule has 8 heteroatoms. The van der Waals surface area contributed by atoms with Crippen LogP contribution in [0.5, 0.6) is 5.75 Å². The zero-order valence-electron chi connectivity index (χ0n) is 19.4. The molecule has 33 heavy (non-hydrogen) atoms. The number of thioether (sulfide) groups is 1. The number of methoxy groups -OCH3 is 1. The number of aryl methyl sites for hydroxylation is 2. The minimum absolute atomic E-state index is 0.0516. The molecule has 7 nitrogen and oxygen atoms in total. The maximum atomic E-state index is 12.5. The van der Waals surface area contributed by atoms with Crippen LogP contribution in [0.2, 0.25) is 0 Å². The lowest BCUT2D eigenvalue weighted by Gasteiger charge is -2.15. The molecule has 1 aliphatic rings. The van der Waals surface area contributed by atoms with Gasteiger partial charge in [-0.05, 0) is 50.5 Å². The van der Waals surface area contributed by atoms with Crippen LogP contribution in [-0.2, 0) is 11.3 Å². The van der Waals surface area contributed by atoms with E-state index in [4.69, 9.17) is 4.74 Å². The number of hydrogen-bond acceptors (Lipinski definition) is 6. The van der Waals surface area contributed by atoms with E-state index in [1.54, 1.807) is 7.11 Å². The lowest BCUT2D eigenvalue weighted by Crippen LogP contribution is -2.33. The fourth-order valence-corrected chi connectivity index (χ4v) is 5.02. The Labute approximate surface area is 199 Å². The van der Waals surface area contributed by atoms with Crippen molar-refractivity contribution in [1.82, 2.24) is 20.1 Å². The summed E-state index contributed by atoms with van der Waals surface area (Å²) in [5, 5.41) is 16.2. The van der Waals surface area contributed by atoms with E-state index in [9.17, 15) is 4.79 Å². The van der Waals surface area contributed by atoms with Crippen LogP contribution in [0.1, 0.15) is 42.6 Å². The van der Waals surface area contributed by atoms with Gasteiger partial charge >= 0.3 is 0 Å². The number of ether oxygens (including phenoxy) is 1. The summed E-state index contributed by atoms with van der Waals surface area (Å²) >= 11 is 1.42. The van der Waals surface area contributed by atoms with Crippen molar-refractivity contribution in [1.29, 1.82) is 0 Å². The van der Waals surface area contributed by atoms with Gasteiger partial charge in [0.25, 0.3) is 0 Å². The standard InChI is InChI=1S/C25H31N5O2S/c1-17-12-13-21(18(2)14-17)30-23(15-26-20-10-6-7-11-22(20)32-3)28-29-25(30)33-16-24(31)27-19-8-4-5-9-19/h6-7,10-14,19,26H,4-5,8-9,15-16H2,1-3H3,(H,27,31). The number of anilines is 1. The lowest BCUT2D eigenvalue weighted by atomic mass is 10.1. The SMILES string of the molecule is COc1ccccc1NCc1nnc(SCC(=O)NC2CCCC2)n1-c1ccc(C)cc1C. The summed E-state index contributed by atoms with van der Waals surface area (Å²) < 4.78 is 7.50. The summed E-state index contributed by atoms with van der Waals surface area (Å²) in [5.41, 5.74) is 4.23. The monoisotopic (exact) mass is 465 g/mol. The minimum Gasteiger partial charge on any atom is -0.495 e. The van der Waals surface area contributed by atoms with Gasteiger partial charge in [0.2, 0.25) is 5.91 Å². The summed E-state index contributed by atoms with van der Waals surface area (Å²) in [5.74, 6) is 1.91. The topological polar surface area (TPSA) is 81.1 Å². The molecule has 0 radical (unpaired) electrons.